The van der Waals surface area contributed by atoms with Crippen LogP contribution in [0.2, 0.25) is 0 Å². The fraction of sp³-hybridized carbons (Fsp3) is 0.222. The minimum Gasteiger partial charge on any atom is -0.268 e. The Balaban J connectivity index is 1.85. The topological polar surface area (TPSA) is 30.7 Å². The van der Waals surface area contributed by atoms with Crippen LogP contribution in [0.5, 0.6) is 0 Å². The van der Waals surface area contributed by atoms with Gasteiger partial charge in [0.2, 0.25) is 0 Å². The fourth-order valence-electron chi connectivity index (χ4n) is 2.92. The van der Waals surface area contributed by atoms with Gasteiger partial charge < -0.3 is 0 Å². The number of aryl methyl sites for hydroxylation is 2. The van der Waals surface area contributed by atoms with Gasteiger partial charge in [0.15, 0.2) is 0 Å². The molecule has 0 saturated heterocycles. The van der Waals surface area contributed by atoms with E-state index in [1.165, 1.54) is 32.5 Å². The second kappa shape index (κ2) is 5.29. The van der Waals surface area contributed by atoms with Crippen LogP contribution in [-0.2, 0) is 7.05 Å². The molecule has 4 rings (SSSR count). The summed E-state index contributed by atoms with van der Waals surface area (Å²) in [6.07, 6.45) is 5.02. The quantitative estimate of drug-likeness (QED) is 0.708. The van der Waals surface area contributed by atoms with Gasteiger partial charge in [-0.05, 0) is 36.6 Å². The van der Waals surface area contributed by atoms with E-state index >= 15 is 0 Å². The van der Waals surface area contributed by atoms with Crippen molar-refractivity contribution >= 4 is 33.1 Å². The summed E-state index contributed by atoms with van der Waals surface area (Å²) in [6.45, 7) is 2.02. The number of allylic oxidation sites excluding steroid dienone is 1. The van der Waals surface area contributed by atoms with E-state index in [0.29, 0.717) is 0 Å². The molecule has 0 amide bonds. The standard InChI is InChI=1S/C18H17N3S/c1-12-3-4-15(10-19-12)18-16(7-8-22-18)13-5-6-14-11-20-21(2)17(14)9-13/h3-6,9-11H,7-8H2,1-2H3. The van der Waals surface area contributed by atoms with E-state index in [1.807, 2.05) is 42.8 Å². The molecule has 0 spiro atoms. The van der Waals surface area contributed by atoms with Crippen molar-refractivity contribution in [1.29, 1.82) is 0 Å². The number of hydrogen-bond donors (Lipinski definition) is 0. The second-order valence-electron chi connectivity index (χ2n) is 5.64. The van der Waals surface area contributed by atoms with Crippen LogP contribution in [0.4, 0.5) is 0 Å². The average Bonchev–Trinajstić information content (AvgIpc) is 3.15. The lowest BCUT2D eigenvalue weighted by Crippen LogP contribution is -1.91. The molecule has 0 atom stereocenters. The number of benzene rings is 1. The van der Waals surface area contributed by atoms with E-state index in [4.69, 9.17) is 0 Å². The maximum Gasteiger partial charge on any atom is 0.0685 e. The molecule has 0 aliphatic carbocycles. The van der Waals surface area contributed by atoms with Crippen molar-refractivity contribution in [3.8, 4) is 0 Å². The number of rotatable bonds is 2. The Hall–Kier alpha value is -2.07. The summed E-state index contributed by atoms with van der Waals surface area (Å²) in [6, 6.07) is 10.9. The molecule has 0 saturated carbocycles. The lowest BCUT2D eigenvalue weighted by Gasteiger charge is -2.08. The third-order valence-electron chi connectivity index (χ3n) is 4.14. The Morgan fingerprint density at radius 3 is 2.77 bits per heavy atom. The van der Waals surface area contributed by atoms with Crippen LogP contribution >= 0.6 is 11.8 Å². The molecule has 3 nitrogen and oxygen atoms in total. The summed E-state index contributed by atoms with van der Waals surface area (Å²) in [5, 5.41) is 5.53. The van der Waals surface area contributed by atoms with Gasteiger partial charge in [-0.3, -0.25) is 9.67 Å². The Morgan fingerprint density at radius 2 is 1.95 bits per heavy atom. The lowest BCUT2D eigenvalue weighted by atomic mass is 10.00. The van der Waals surface area contributed by atoms with Crippen LogP contribution in [0.15, 0.2) is 42.7 Å². The second-order valence-corrected chi connectivity index (χ2v) is 6.74. The van der Waals surface area contributed by atoms with E-state index in [2.05, 4.69) is 40.4 Å². The zero-order valence-corrected chi connectivity index (χ0v) is 13.5. The van der Waals surface area contributed by atoms with Gasteiger partial charge in [0, 0.05) is 40.5 Å². The van der Waals surface area contributed by atoms with Gasteiger partial charge in [-0.15, -0.1) is 11.8 Å². The molecule has 2 aromatic heterocycles. The van der Waals surface area contributed by atoms with Crippen molar-refractivity contribution in [3.05, 3.63) is 59.5 Å². The summed E-state index contributed by atoms with van der Waals surface area (Å²) in [5.74, 6) is 1.14. The molecule has 0 radical (unpaired) electrons. The van der Waals surface area contributed by atoms with Gasteiger partial charge in [0.05, 0.1) is 11.7 Å². The van der Waals surface area contributed by atoms with Crippen LogP contribution in [0, 0.1) is 6.92 Å². The van der Waals surface area contributed by atoms with Gasteiger partial charge in [-0.2, -0.15) is 5.10 Å². The van der Waals surface area contributed by atoms with E-state index < -0.39 is 0 Å². The molecule has 3 heterocycles. The molecule has 1 aliphatic heterocycles. The van der Waals surface area contributed by atoms with Gasteiger partial charge in [-0.1, -0.05) is 18.2 Å². The van der Waals surface area contributed by atoms with E-state index in [0.717, 1.165) is 17.9 Å². The third-order valence-corrected chi connectivity index (χ3v) is 5.32. The Morgan fingerprint density at radius 1 is 1.09 bits per heavy atom. The predicted octanol–water partition coefficient (Wildman–Crippen LogP) is 4.28. The van der Waals surface area contributed by atoms with Crippen molar-refractivity contribution in [3.63, 3.8) is 0 Å². The van der Waals surface area contributed by atoms with E-state index in [-0.39, 0.29) is 0 Å². The summed E-state index contributed by atoms with van der Waals surface area (Å²) >= 11 is 1.93. The number of nitrogens with zero attached hydrogens (tertiary/aromatic N) is 3. The SMILES string of the molecule is Cc1ccc(C2=C(c3ccc4cnn(C)c4c3)CCS2)cn1. The molecule has 3 aromatic rings. The first-order valence-electron chi connectivity index (χ1n) is 7.43. The van der Waals surface area contributed by atoms with Crippen LogP contribution in [0.3, 0.4) is 0 Å². The molecular formula is C18H17N3S. The van der Waals surface area contributed by atoms with E-state index in [9.17, 15) is 0 Å². The minimum atomic E-state index is 1.06. The Labute approximate surface area is 134 Å². The first-order valence-corrected chi connectivity index (χ1v) is 8.42. The van der Waals surface area contributed by atoms with Crippen LogP contribution in [0.25, 0.3) is 21.4 Å². The maximum absolute atomic E-state index is 4.45. The summed E-state index contributed by atoms with van der Waals surface area (Å²) in [7, 11) is 1.99. The monoisotopic (exact) mass is 307 g/mol. The first kappa shape index (κ1) is 13.6. The normalized spacial score (nSPS) is 15.0. The molecule has 0 bridgehead atoms. The van der Waals surface area contributed by atoms with Crippen molar-refractivity contribution < 1.29 is 0 Å². The largest absolute Gasteiger partial charge is 0.268 e. The minimum absolute atomic E-state index is 1.06. The van der Waals surface area contributed by atoms with Crippen LogP contribution < -0.4 is 0 Å². The fourth-order valence-corrected chi connectivity index (χ4v) is 4.11. The first-order chi connectivity index (χ1) is 10.7. The highest BCUT2D eigenvalue weighted by Crippen LogP contribution is 2.44. The Bertz CT molecular complexity index is 875. The Kier molecular flexibility index (Phi) is 3.26. The third kappa shape index (κ3) is 2.24. The predicted molar refractivity (Wildman–Crippen MR) is 93.6 cm³/mol. The van der Waals surface area contributed by atoms with Gasteiger partial charge in [0.25, 0.3) is 0 Å². The van der Waals surface area contributed by atoms with Crippen LogP contribution in [0.1, 0.15) is 23.2 Å². The number of aromatic nitrogens is 3. The van der Waals surface area contributed by atoms with Gasteiger partial charge >= 0.3 is 0 Å². The van der Waals surface area contributed by atoms with Crippen molar-refractivity contribution in [2.45, 2.75) is 13.3 Å². The molecule has 1 aliphatic rings. The van der Waals surface area contributed by atoms with Crippen molar-refractivity contribution in [2.24, 2.45) is 7.05 Å². The summed E-state index contributed by atoms with van der Waals surface area (Å²) < 4.78 is 1.94. The summed E-state index contributed by atoms with van der Waals surface area (Å²) in [4.78, 5) is 5.82. The maximum atomic E-state index is 4.45. The zero-order chi connectivity index (χ0) is 15.1. The molecule has 110 valence electrons. The molecule has 1 aromatic carbocycles. The highest BCUT2D eigenvalue weighted by atomic mass is 32.2. The number of thioether (sulfide) groups is 1. The highest BCUT2D eigenvalue weighted by molar-refractivity contribution is 8.08. The molecule has 22 heavy (non-hydrogen) atoms. The van der Waals surface area contributed by atoms with Crippen molar-refractivity contribution in [1.82, 2.24) is 14.8 Å². The highest BCUT2D eigenvalue weighted by Gasteiger charge is 2.19. The molecular weight excluding hydrogens is 290 g/mol. The lowest BCUT2D eigenvalue weighted by molar-refractivity contribution is 0.797. The number of fused-ring (bicyclic) bond motifs is 1. The van der Waals surface area contributed by atoms with E-state index in [1.54, 1.807) is 0 Å². The molecule has 0 N–H and O–H groups in total. The summed E-state index contributed by atoms with van der Waals surface area (Å²) in [5.41, 5.74) is 6.21. The number of pyridine rings is 1. The van der Waals surface area contributed by atoms with Crippen molar-refractivity contribution in [2.75, 3.05) is 5.75 Å². The smallest absolute Gasteiger partial charge is 0.0685 e. The van der Waals surface area contributed by atoms with Crippen LogP contribution in [-0.4, -0.2) is 20.5 Å². The molecule has 0 fully saturated rings. The molecule has 0 unspecified atom stereocenters. The molecule has 4 heteroatoms. The van der Waals surface area contributed by atoms with Gasteiger partial charge in [0.1, 0.15) is 0 Å². The zero-order valence-electron chi connectivity index (χ0n) is 12.7. The van der Waals surface area contributed by atoms with Gasteiger partial charge in [-0.25, -0.2) is 0 Å². The number of hydrogen-bond acceptors (Lipinski definition) is 3. The average molecular weight is 307 g/mol.